The fraction of sp³-hybridized carbons (Fsp3) is 0.538. The zero-order chi connectivity index (χ0) is 13.1. The lowest BCUT2D eigenvalue weighted by Gasteiger charge is -2.38. The number of aliphatic hydroxyl groups excluding tert-OH is 1. The number of hydrogen-bond acceptors (Lipinski definition) is 4. The zero-order valence-corrected chi connectivity index (χ0v) is 11.2. The van der Waals surface area contributed by atoms with E-state index in [4.69, 9.17) is 22.1 Å². The molecule has 1 heterocycles. The van der Waals surface area contributed by atoms with Crippen LogP contribution in [0.3, 0.4) is 0 Å². The van der Waals surface area contributed by atoms with Crippen molar-refractivity contribution >= 4 is 17.3 Å². The van der Waals surface area contributed by atoms with Gasteiger partial charge in [0.2, 0.25) is 0 Å². The van der Waals surface area contributed by atoms with E-state index in [1.165, 1.54) is 0 Å². The molecule has 2 unspecified atom stereocenters. The van der Waals surface area contributed by atoms with E-state index in [0.29, 0.717) is 18.1 Å². The molecule has 5 heteroatoms. The Bertz CT molecular complexity index is 414. The number of morpholine rings is 1. The highest BCUT2D eigenvalue weighted by molar-refractivity contribution is 6.30. The molecular formula is C13H19ClN2O2. The van der Waals surface area contributed by atoms with Gasteiger partial charge in [-0.25, -0.2) is 0 Å². The third-order valence-corrected chi connectivity index (χ3v) is 3.37. The van der Waals surface area contributed by atoms with Gasteiger partial charge in [-0.3, -0.25) is 0 Å². The highest BCUT2D eigenvalue weighted by Crippen LogP contribution is 2.26. The minimum absolute atomic E-state index is 0.0341. The molecule has 0 aliphatic carbocycles. The molecule has 0 amide bonds. The van der Waals surface area contributed by atoms with Crippen LogP contribution in [0.25, 0.3) is 0 Å². The van der Waals surface area contributed by atoms with Crippen molar-refractivity contribution in [1.29, 1.82) is 0 Å². The molecular weight excluding hydrogens is 252 g/mol. The molecule has 0 saturated carbocycles. The lowest BCUT2D eigenvalue weighted by molar-refractivity contribution is -0.0421. The van der Waals surface area contributed by atoms with Gasteiger partial charge in [-0.1, -0.05) is 11.6 Å². The minimum atomic E-state index is -0.143. The Balaban J connectivity index is 2.24. The summed E-state index contributed by atoms with van der Waals surface area (Å²) < 4.78 is 5.64. The molecule has 18 heavy (non-hydrogen) atoms. The normalized spacial score (nSPS) is 24.3. The van der Waals surface area contributed by atoms with Gasteiger partial charge in [0.25, 0.3) is 0 Å². The summed E-state index contributed by atoms with van der Waals surface area (Å²) in [4.78, 5) is 2.20. The Morgan fingerprint density at radius 3 is 2.94 bits per heavy atom. The van der Waals surface area contributed by atoms with E-state index in [1.807, 2.05) is 25.1 Å². The molecule has 2 atom stereocenters. The first kappa shape index (κ1) is 13.6. The van der Waals surface area contributed by atoms with E-state index in [2.05, 4.69) is 4.90 Å². The standard InChI is InChI=1S/C13H19ClN2O2/c1-9-6-16(7-12(8-17)18-9)13-3-2-11(14)4-10(13)5-15/h2-4,9,12,17H,5-8,15H2,1H3. The van der Waals surface area contributed by atoms with Crippen molar-refractivity contribution < 1.29 is 9.84 Å². The van der Waals surface area contributed by atoms with Crippen LogP contribution in [-0.4, -0.2) is 37.0 Å². The predicted molar refractivity (Wildman–Crippen MR) is 73.0 cm³/mol. The van der Waals surface area contributed by atoms with Crippen LogP contribution in [0, 0.1) is 0 Å². The number of ether oxygens (including phenoxy) is 1. The van der Waals surface area contributed by atoms with Gasteiger partial charge in [0.15, 0.2) is 0 Å². The zero-order valence-electron chi connectivity index (χ0n) is 10.5. The first-order valence-electron chi connectivity index (χ1n) is 6.13. The summed E-state index contributed by atoms with van der Waals surface area (Å²) >= 11 is 5.98. The van der Waals surface area contributed by atoms with E-state index in [1.54, 1.807) is 0 Å². The van der Waals surface area contributed by atoms with Crippen molar-refractivity contribution in [3.8, 4) is 0 Å². The lowest BCUT2D eigenvalue weighted by Crippen LogP contribution is -2.48. The number of aliphatic hydroxyl groups is 1. The van der Waals surface area contributed by atoms with Crippen LogP contribution in [-0.2, 0) is 11.3 Å². The van der Waals surface area contributed by atoms with Gasteiger partial charge >= 0.3 is 0 Å². The highest BCUT2D eigenvalue weighted by atomic mass is 35.5. The molecule has 3 N–H and O–H groups in total. The van der Waals surface area contributed by atoms with Crippen LogP contribution in [0.15, 0.2) is 18.2 Å². The predicted octanol–water partition coefficient (Wildman–Crippen LogP) is 1.38. The lowest BCUT2D eigenvalue weighted by atomic mass is 10.1. The fourth-order valence-corrected chi connectivity index (χ4v) is 2.56. The first-order chi connectivity index (χ1) is 8.63. The highest BCUT2D eigenvalue weighted by Gasteiger charge is 2.25. The van der Waals surface area contributed by atoms with Crippen molar-refractivity contribution in [2.75, 3.05) is 24.6 Å². The molecule has 1 aromatic carbocycles. The number of rotatable bonds is 3. The molecule has 1 fully saturated rings. The average molecular weight is 271 g/mol. The number of benzene rings is 1. The van der Waals surface area contributed by atoms with Crippen molar-refractivity contribution in [2.24, 2.45) is 5.73 Å². The van der Waals surface area contributed by atoms with Crippen LogP contribution < -0.4 is 10.6 Å². The summed E-state index contributed by atoms with van der Waals surface area (Å²) in [6, 6.07) is 5.74. The second-order valence-electron chi connectivity index (χ2n) is 4.63. The molecule has 1 aliphatic heterocycles. The molecule has 0 aromatic heterocycles. The van der Waals surface area contributed by atoms with E-state index in [-0.39, 0.29) is 18.8 Å². The van der Waals surface area contributed by atoms with E-state index in [0.717, 1.165) is 17.8 Å². The van der Waals surface area contributed by atoms with Gasteiger partial charge in [0.1, 0.15) is 0 Å². The summed E-state index contributed by atoms with van der Waals surface area (Å²) in [6.07, 6.45) is -0.0488. The smallest absolute Gasteiger partial charge is 0.0984 e. The molecule has 1 saturated heterocycles. The van der Waals surface area contributed by atoms with Gasteiger partial charge in [0, 0.05) is 30.3 Å². The largest absolute Gasteiger partial charge is 0.394 e. The second-order valence-corrected chi connectivity index (χ2v) is 5.07. The van der Waals surface area contributed by atoms with Crippen molar-refractivity contribution in [1.82, 2.24) is 0 Å². The molecule has 1 aromatic rings. The molecule has 0 bridgehead atoms. The maximum absolute atomic E-state index is 9.25. The number of anilines is 1. The molecule has 100 valence electrons. The fourth-order valence-electron chi connectivity index (χ4n) is 2.37. The van der Waals surface area contributed by atoms with Crippen molar-refractivity contribution in [3.63, 3.8) is 0 Å². The van der Waals surface area contributed by atoms with Gasteiger partial charge in [0.05, 0.1) is 18.8 Å². The summed E-state index contributed by atoms with van der Waals surface area (Å²) in [7, 11) is 0. The molecule has 0 radical (unpaired) electrons. The van der Waals surface area contributed by atoms with Crippen LogP contribution in [0.4, 0.5) is 5.69 Å². The van der Waals surface area contributed by atoms with Crippen molar-refractivity contribution in [3.05, 3.63) is 28.8 Å². The Kier molecular flexibility index (Phi) is 4.45. The van der Waals surface area contributed by atoms with E-state index < -0.39 is 0 Å². The van der Waals surface area contributed by atoms with Crippen LogP contribution in [0.2, 0.25) is 5.02 Å². The third-order valence-electron chi connectivity index (χ3n) is 3.13. The average Bonchev–Trinajstić information content (AvgIpc) is 2.37. The maximum atomic E-state index is 9.25. The summed E-state index contributed by atoms with van der Waals surface area (Å²) in [5.41, 5.74) is 7.86. The summed E-state index contributed by atoms with van der Waals surface area (Å²) in [5.74, 6) is 0. The van der Waals surface area contributed by atoms with E-state index in [9.17, 15) is 5.11 Å². The van der Waals surface area contributed by atoms with Gasteiger partial charge in [-0.15, -0.1) is 0 Å². The molecule has 2 rings (SSSR count). The third kappa shape index (κ3) is 2.95. The number of nitrogens with two attached hydrogens (primary N) is 1. The van der Waals surface area contributed by atoms with Crippen LogP contribution in [0.1, 0.15) is 12.5 Å². The SMILES string of the molecule is CC1CN(c2ccc(Cl)cc2CN)CC(CO)O1. The molecule has 4 nitrogen and oxygen atoms in total. The van der Waals surface area contributed by atoms with Gasteiger partial charge < -0.3 is 20.5 Å². The maximum Gasteiger partial charge on any atom is 0.0984 e. The summed E-state index contributed by atoms with van der Waals surface area (Å²) in [6.45, 7) is 3.96. The monoisotopic (exact) mass is 270 g/mol. The topological polar surface area (TPSA) is 58.7 Å². The molecule has 0 spiro atoms. The Morgan fingerprint density at radius 2 is 2.28 bits per heavy atom. The van der Waals surface area contributed by atoms with E-state index >= 15 is 0 Å². The minimum Gasteiger partial charge on any atom is -0.394 e. The van der Waals surface area contributed by atoms with Gasteiger partial charge in [-0.05, 0) is 30.7 Å². The van der Waals surface area contributed by atoms with Crippen LogP contribution >= 0.6 is 11.6 Å². The molecule has 1 aliphatic rings. The Labute approximate surface area is 112 Å². The first-order valence-corrected chi connectivity index (χ1v) is 6.51. The van der Waals surface area contributed by atoms with Crippen molar-refractivity contribution in [2.45, 2.75) is 25.7 Å². The van der Waals surface area contributed by atoms with Gasteiger partial charge in [-0.2, -0.15) is 0 Å². The summed E-state index contributed by atoms with van der Waals surface area (Å²) in [5, 5.41) is 9.94. The number of nitrogens with zero attached hydrogens (tertiary/aromatic N) is 1. The quantitative estimate of drug-likeness (QED) is 0.871. The second kappa shape index (κ2) is 5.89. The Morgan fingerprint density at radius 1 is 1.50 bits per heavy atom. The number of hydrogen-bond donors (Lipinski definition) is 2. The van der Waals surface area contributed by atoms with Crippen LogP contribution in [0.5, 0.6) is 0 Å². The number of halogens is 1. The Hall–Kier alpha value is -0.810.